The summed E-state index contributed by atoms with van der Waals surface area (Å²) in [5.74, 6) is 2.05. The van der Waals surface area contributed by atoms with Gasteiger partial charge in [0.25, 0.3) is 5.91 Å². The van der Waals surface area contributed by atoms with Crippen LogP contribution in [0.3, 0.4) is 0 Å². The SMILES string of the molecule is Cc1ccc(Oc2ccc(N3CCC4(CC3)NC(=O)NC4=O)nc2)cc1. The standard InChI is InChI=1S/C19H20N4O3/c1-13-2-4-14(5-3-13)26-15-6-7-16(20-12-15)23-10-8-19(9-11-23)17(24)21-18(25)22-19/h2-7,12H,8-11H2,1H3,(H2,21,22,24,25). The van der Waals surface area contributed by atoms with Crippen molar-refractivity contribution in [1.29, 1.82) is 0 Å². The van der Waals surface area contributed by atoms with E-state index in [4.69, 9.17) is 4.74 Å². The average Bonchev–Trinajstić information content (AvgIpc) is 2.91. The third-order valence-corrected chi connectivity index (χ3v) is 4.93. The second kappa shape index (κ2) is 6.33. The lowest BCUT2D eigenvalue weighted by molar-refractivity contribution is -0.124. The number of rotatable bonds is 3. The summed E-state index contributed by atoms with van der Waals surface area (Å²) in [7, 11) is 0. The minimum absolute atomic E-state index is 0.225. The summed E-state index contributed by atoms with van der Waals surface area (Å²) < 4.78 is 5.80. The van der Waals surface area contributed by atoms with Crippen molar-refractivity contribution in [3.8, 4) is 11.5 Å². The zero-order chi connectivity index (χ0) is 18.1. The van der Waals surface area contributed by atoms with Crippen molar-refractivity contribution < 1.29 is 14.3 Å². The summed E-state index contributed by atoms with van der Waals surface area (Å²) in [6, 6.07) is 11.2. The fourth-order valence-corrected chi connectivity index (χ4v) is 3.36. The van der Waals surface area contributed by atoms with Gasteiger partial charge in [0.15, 0.2) is 0 Å². The molecule has 0 radical (unpaired) electrons. The molecule has 0 atom stereocenters. The van der Waals surface area contributed by atoms with Crippen LogP contribution in [0.1, 0.15) is 18.4 Å². The van der Waals surface area contributed by atoms with E-state index in [9.17, 15) is 9.59 Å². The molecule has 3 amide bonds. The first-order valence-electron chi connectivity index (χ1n) is 8.63. The molecule has 0 aliphatic carbocycles. The summed E-state index contributed by atoms with van der Waals surface area (Å²) >= 11 is 0. The van der Waals surface area contributed by atoms with E-state index in [-0.39, 0.29) is 5.91 Å². The van der Waals surface area contributed by atoms with Gasteiger partial charge in [-0.05, 0) is 44.0 Å². The van der Waals surface area contributed by atoms with Crippen LogP contribution in [0.5, 0.6) is 11.5 Å². The molecule has 2 aliphatic heterocycles. The van der Waals surface area contributed by atoms with E-state index in [2.05, 4.69) is 20.5 Å². The Hall–Kier alpha value is -3.09. The summed E-state index contributed by atoms with van der Waals surface area (Å²) in [5, 5.41) is 5.09. The molecule has 3 heterocycles. The molecule has 0 unspecified atom stereocenters. The van der Waals surface area contributed by atoms with E-state index >= 15 is 0 Å². The Bertz CT molecular complexity index is 825. The number of imide groups is 1. The zero-order valence-electron chi connectivity index (χ0n) is 14.5. The summed E-state index contributed by atoms with van der Waals surface area (Å²) in [6.45, 7) is 3.33. The average molecular weight is 352 g/mol. The molecule has 26 heavy (non-hydrogen) atoms. The first kappa shape index (κ1) is 16.4. The fourth-order valence-electron chi connectivity index (χ4n) is 3.36. The van der Waals surface area contributed by atoms with E-state index in [1.807, 2.05) is 43.3 Å². The molecular formula is C19H20N4O3. The minimum Gasteiger partial charge on any atom is -0.456 e. The van der Waals surface area contributed by atoms with Crippen LogP contribution in [0.2, 0.25) is 0 Å². The molecular weight excluding hydrogens is 332 g/mol. The number of benzene rings is 1. The highest BCUT2D eigenvalue weighted by Gasteiger charge is 2.47. The number of ether oxygens (including phenoxy) is 1. The molecule has 1 aromatic heterocycles. The van der Waals surface area contributed by atoms with Crippen molar-refractivity contribution in [2.24, 2.45) is 0 Å². The molecule has 2 N–H and O–H groups in total. The van der Waals surface area contributed by atoms with Crippen LogP contribution >= 0.6 is 0 Å². The monoisotopic (exact) mass is 352 g/mol. The normalized spacial score (nSPS) is 18.6. The van der Waals surface area contributed by atoms with Gasteiger partial charge in [-0.2, -0.15) is 0 Å². The number of aromatic nitrogens is 1. The van der Waals surface area contributed by atoms with Crippen molar-refractivity contribution in [2.45, 2.75) is 25.3 Å². The second-order valence-corrected chi connectivity index (χ2v) is 6.74. The van der Waals surface area contributed by atoms with E-state index < -0.39 is 11.6 Å². The maximum absolute atomic E-state index is 12.0. The molecule has 7 nitrogen and oxygen atoms in total. The summed E-state index contributed by atoms with van der Waals surface area (Å²) in [6.07, 6.45) is 2.82. The number of hydrogen-bond donors (Lipinski definition) is 2. The molecule has 7 heteroatoms. The van der Waals surface area contributed by atoms with Gasteiger partial charge >= 0.3 is 6.03 Å². The Morgan fingerprint density at radius 2 is 1.73 bits per heavy atom. The van der Waals surface area contributed by atoms with E-state index in [1.165, 1.54) is 5.56 Å². The van der Waals surface area contributed by atoms with Gasteiger partial charge in [-0.15, -0.1) is 0 Å². The Balaban J connectivity index is 1.39. The molecule has 0 bridgehead atoms. The van der Waals surface area contributed by atoms with E-state index in [0.717, 1.165) is 11.6 Å². The molecule has 1 aromatic carbocycles. The molecule has 4 rings (SSSR count). The zero-order valence-corrected chi connectivity index (χ0v) is 14.5. The third-order valence-electron chi connectivity index (χ3n) is 4.93. The Morgan fingerprint density at radius 1 is 1.04 bits per heavy atom. The Kier molecular flexibility index (Phi) is 3.99. The van der Waals surface area contributed by atoms with Crippen LogP contribution < -0.4 is 20.3 Å². The van der Waals surface area contributed by atoms with Crippen LogP contribution in [0.25, 0.3) is 0 Å². The predicted octanol–water partition coefficient (Wildman–Crippen LogP) is 2.36. The van der Waals surface area contributed by atoms with Crippen molar-refractivity contribution in [3.05, 3.63) is 48.2 Å². The van der Waals surface area contributed by atoms with Gasteiger partial charge < -0.3 is 15.0 Å². The number of urea groups is 1. The molecule has 2 saturated heterocycles. The fraction of sp³-hybridized carbons (Fsp3) is 0.316. The topological polar surface area (TPSA) is 83.6 Å². The van der Waals surface area contributed by atoms with Gasteiger partial charge in [-0.25, -0.2) is 9.78 Å². The number of amides is 3. The van der Waals surface area contributed by atoms with Crippen LogP contribution in [0, 0.1) is 6.92 Å². The predicted molar refractivity (Wildman–Crippen MR) is 96.3 cm³/mol. The van der Waals surface area contributed by atoms with Crippen molar-refractivity contribution in [2.75, 3.05) is 18.0 Å². The quantitative estimate of drug-likeness (QED) is 0.829. The summed E-state index contributed by atoms with van der Waals surface area (Å²) in [5.41, 5.74) is 0.419. The van der Waals surface area contributed by atoms with Crippen LogP contribution in [0.15, 0.2) is 42.6 Å². The molecule has 1 spiro atoms. The van der Waals surface area contributed by atoms with Gasteiger partial charge in [0, 0.05) is 13.1 Å². The maximum Gasteiger partial charge on any atom is 0.322 e. The largest absolute Gasteiger partial charge is 0.456 e. The van der Waals surface area contributed by atoms with Gasteiger partial charge in [0.05, 0.1) is 6.20 Å². The number of carbonyl (C=O) groups is 2. The lowest BCUT2D eigenvalue weighted by atomic mass is 9.88. The highest BCUT2D eigenvalue weighted by molar-refractivity contribution is 6.07. The number of piperidine rings is 1. The number of nitrogens with zero attached hydrogens (tertiary/aromatic N) is 2. The molecule has 2 aliphatic rings. The first-order chi connectivity index (χ1) is 12.5. The van der Waals surface area contributed by atoms with Crippen molar-refractivity contribution >= 4 is 17.8 Å². The van der Waals surface area contributed by atoms with Crippen molar-refractivity contribution in [1.82, 2.24) is 15.6 Å². The second-order valence-electron chi connectivity index (χ2n) is 6.74. The number of aryl methyl sites for hydroxylation is 1. The smallest absolute Gasteiger partial charge is 0.322 e. The van der Waals surface area contributed by atoms with Crippen molar-refractivity contribution in [3.63, 3.8) is 0 Å². The van der Waals surface area contributed by atoms with Crippen LogP contribution in [0.4, 0.5) is 10.6 Å². The third kappa shape index (κ3) is 3.08. The number of carbonyl (C=O) groups excluding carboxylic acids is 2. The number of hydrogen-bond acceptors (Lipinski definition) is 5. The van der Waals surface area contributed by atoms with Crippen LogP contribution in [-0.2, 0) is 4.79 Å². The summed E-state index contributed by atoms with van der Waals surface area (Å²) in [4.78, 5) is 30.0. The first-order valence-corrected chi connectivity index (χ1v) is 8.63. The number of anilines is 1. The molecule has 2 aromatic rings. The number of nitrogens with one attached hydrogen (secondary N) is 2. The lowest BCUT2D eigenvalue weighted by Crippen LogP contribution is -2.55. The van der Waals surface area contributed by atoms with Crippen LogP contribution in [-0.4, -0.2) is 35.6 Å². The highest BCUT2D eigenvalue weighted by atomic mass is 16.5. The van der Waals surface area contributed by atoms with Gasteiger partial charge in [0.2, 0.25) is 0 Å². The van der Waals surface area contributed by atoms with E-state index in [1.54, 1.807) is 6.20 Å². The highest BCUT2D eigenvalue weighted by Crippen LogP contribution is 2.29. The number of pyridine rings is 1. The van der Waals surface area contributed by atoms with Gasteiger partial charge in [-0.1, -0.05) is 17.7 Å². The lowest BCUT2D eigenvalue weighted by Gasteiger charge is -2.37. The Labute approximate surface area is 151 Å². The molecule has 0 saturated carbocycles. The van der Waals surface area contributed by atoms with E-state index in [0.29, 0.717) is 31.7 Å². The molecule has 2 fully saturated rings. The van der Waals surface area contributed by atoms with Gasteiger partial charge in [-0.3, -0.25) is 10.1 Å². The van der Waals surface area contributed by atoms with Gasteiger partial charge in [0.1, 0.15) is 22.9 Å². The maximum atomic E-state index is 12.0. The minimum atomic E-state index is -0.762. The molecule has 134 valence electrons. The Morgan fingerprint density at radius 3 is 2.31 bits per heavy atom.